The Morgan fingerprint density at radius 1 is 0.809 bits per heavy atom. The molecule has 11 nitrogen and oxygen atoms in total. The van der Waals surface area contributed by atoms with Gasteiger partial charge in [-0.2, -0.15) is 11.8 Å². The highest BCUT2D eigenvalue weighted by molar-refractivity contribution is 8.00. The SMILES string of the molecule is CCCC(=O)Oc1cc(/C=C/C(=O)CC(=O)/C=C/c2ccc(OC)c(OC(=O)CCCC[C@@H]3SC[C@@H]4NC(=O)N[C@@H]43)c2)ccc1OC. The van der Waals surface area contributed by atoms with Crippen molar-refractivity contribution < 1.29 is 42.9 Å². The molecule has 2 fully saturated rings. The number of amides is 2. The Bertz CT molecular complexity index is 1540. The number of urea groups is 1. The van der Waals surface area contributed by atoms with Gasteiger partial charge in [-0.15, -0.1) is 0 Å². The molecule has 0 aliphatic carbocycles. The van der Waals surface area contributed by atoms with Gasteiger partial charge in [0.15, 0.2) is 34.6 Å². The number of benzene rings is 2. The van der Waals surface area contributed by atoms with Gasteiger partial charge in [0.2, 0.25) is 0 Å². The summed E-state index contributed by atoms with van der Waals surface area (Å²) in [5, 5.41) is 6.24. The van der Waals surface area contributed by atoms with Crippen LogP contribution in [0, 0.1) is 0 Å². The fraction of sp³-hybridized carbons (Fsp3) is 0.400. The van der Waals surface area contributed by atoms with E-state index in [1.54, 1.807) is 42.5 Å². The van der Waals surface area contributed by atoms with Gasteiger partial charge in [0.05, 0.1) is 32.7 Å². The third-order valence-corrected chi connectivity index (χ3v) is 9.12. The molecule has 2 heterocycles. The van der Waals surface area contributed by atoms with E-state index in [1.807, 2.05) is 18.7 Å². The van der Waals surface area contributed by atoms with Crippen LogP contribution in [-0.2, 0) is 19.2 Å². The minimum absolute atomic E-state index is 0.112. The molecule has 2 saturated heterocycles. The number of fused-ring (bicyclic) bond motifs is 1. The van der Waals surface area contributed by atoms with Gasteiger partial charge in [-0.05, 0) is 66.8 Å². The van der Waals surface area contributed by atoms with E-state index in [-0.39, 0.29) is 54.8 Å². The predicted molar refractivity (Wildman–Crippen MR) is 179 cm³/mol. The number of nitrogens with one attached hydrogen (secondary N) is 2. The maximum absolute atomic E-state index is 12.6. The highest BCUT2D eigenvalue weighted by Gasteiger charge is 2.42. The lowest BCUT2D eigenvalue weighted by Gasteiger charge is -2.16. The van der Waals surface area contributed by atoms with E-state index in [1.165, 1.54) is 32.4 Å². The van der Waals surface area contributed by atoms with Crippen molar-refractivity contribution in [3.63, 3.8) is 0 Å². The van der Waals surface area contributed by atoms with Crippen molar-refractivity contribution in [3.8, 4) is 23.0 Å². The van der Waals surface area contributed by atoms with Crippen molar-refractivity contribution in [1.82, 2.24) is 10.6 Å². The quantitative estimate of drug-likeness (QED) is 0.0571. The third kappa shape index (κ3) is 10.5. The molecule has 0 spiro atoms. The Balaban J connectivity index is 1.25. The summed E-state index contributed by atoms with van der Waals surface area (Å²) in [6.45, 7) is 1.87. The zero-order chi connectivity index (χ0) is 33.8. The summed E-state index contributed by atoms with van der Waals surface area (Å²) in [6.07, 6.45) is 8.85. The standard InChI is InChI=1S/C35H40N2O9S/c1-4-7-32(40)45-29-18-22(12-16-27(29)43-2)10-14-24(38)20-25(39)15-11-23-13-17-28(44-3)30(19-23)46-33(41)9-6-5-8-31-34-26(21-47-31)36-35(42)37-34/h10-19,26,31,34H,4-9,20-21H2,1-3H3,(H2,36,37,42)/b14-10+,15-11+/t26-,31-,34-/m0/s1. The van der Waals surface area contributed by atoms with Crippen LogP contribution < -0.4 is 29.6 Å². The molecule has 2 aliphatic rings. The van der Waals surface area contributed by atoms with Crippen LogP contribution in [0.4, 0.5) is 4.79 Å². The molecule has 250 valence electrons. The van der Waals surface area contributed by atoms with Gasteiger partial charge in [0.1, 0.15) is 0 Å². The molecule has 0 aromatic heterocycles. The topological polar surface area (TPSA) is 146 Å². The van der Waals surface area contributed by atoms with E-state index in [2.05, 4.69) is 10.6 Å². The first-order chi connectivity index (χ1) is 22.7. The van der Waals surface area contributed by atoms with E-state index in [0.717, 1.165) is 18.6 Å². The molecule has 2 aromatic rings. The number of carbonyl (C=O) groups is 5. The minimum Gasteiger partial charge on any atom is -0.493 e. The fourth-order valence-corrected chi connectivity index (χ4v) is 6.77. The Morgan fingerprint density at radius 2 is 1.38 bits per heavy atom. The second-order valence-electron chi connectivity index (χ2n) is 11.2. The van der Waals surface area contributed by atoms with E-state index in [9.17, 15) is 24.0 Å². The summed E-state index contributed by atoms with van der Waals surface area (Å²) >= 11 is 1.84. The smallest absolute Gasteiger partial charge is 0.315 e. The van der Waals surface area contributed by atoms with Gasteiger partial charge < -0.3 is 29.6 Å². The van der Waals surface area contributed by atoms with Crippen LogP contribution in [0.2, 0.25) is 0 Å². The molecule has 3 atom stereocenters. The van der Waals surface area contributed by atoms with Gasteiger partial charge in [-0.3, -0.25) is 19.2 Å². The van der Waals surface area contributed by atoms with Gasteiger partial charge >= 0.3 is 18.0 Å². The lowest BCUT2D eigenvalue weighted by atomic mass is 10.0. The Kier molecular flexibility index (Phi) is 13.0. The highest BCUT2D eigenvalue weighted by atomic mass is 32.2. The average molecular weight is 665 g/mol. The molecule has 4 rings (SSSR count). The largest absolute Gasteiger partial charge is 0.493 e. The zero-order valence-electron chi connectivity index (χ0n) is 26.7. The van der Waals surface area contributed by atoms with Crippen LogP contribution in [0.5, 0.6) is 23.0 Å². The summed E-state index contributed by atoms with van der Waals surface area (Å²) < 4.78 is 21.5. The van der Waals surface area contributed by atoms with Gasteiger partial charge in [-0.25, -0.2) is 4.79 Å². The number of allylic oxidation sites excluding steroid dienone is 2. The summed E-state index contributed by atoms with van der Waals surface area (Å²) in [7, 11) is 2.94. The lowest BCUT2D eigenvalue weighted by molar-refractivity contribution is -0.135. The van der Waals surface area contributed by atoms with Crippen LogP contribution in [-0.4, -0.2) is 66.8 Å². The number of hydrogen-bond donors (Lipinski definition) is 2. The first-order valence-electron chi connectivity index (χ1n) is 15.6. The maximum atomic E-state index is 12.6. The molecular weight excluding hydrogens is 624 g/mol. The first-order valence-corrected chi connectivity index (χ1v) is 16.6. The molecule has 0 bridgehead atoms. The monoisotopic (exact) mass is 664 g/mol. The molecule has 2 aromatic carbocycles. The fourth-order valence-electron chi connectivity index (χ4n) is 5.23. The van der Waals surface area contributed by atoms with E-state index >= 15 is 0 Å². The number of thioether (sulfide) groups is 1. The minimum atomic E-state index is -0.405. The Morgan fingerprint density at radius 3 is 1.94 bits per heavy atom. The van der Waals surface area contributed by atoms with Crippen molar-refractivity contribution in [1.29, 1.82) is 0 Å². The summed E-state index contributed by atoms with van der Waals surface area (Å²) in [5.74, 6) is 0.561. The second-order valence-corrected chi connectivity index (χ2v) is 12.4. The summed E-state index contributed by atoms with van der Waals surface area (Å²) in [6, 6.07) is 10.1. The second kappa shape index (κ2) is 17.4. The molecule has 0 radical (unpaired) electrons. The van der Waals surface area contributed by atoms with Crippen LogP contribution in [0.1, 0.15) is 63.0 Å². The number of methoxy groups -OCH3 is 2. The van der Waals surface area contributed by atoms with Crippen molar-refractivity contribution in [2.45, 2.75) is 69.2 Å². The molecule has 0 saturated carbocycles. The molecule has 47 heavy (non-hydrogen) atoms. The highest BCUT2D eigenvalue weighted by Crippen LogP contribution is 2.34. The number of ketones is 2. The summed E-state index contributed by atoms with van der Waals surface area (Å²) in [4.78, 5) is 61.1. The maximum Gasteiger partial charge on any atom is 0.315 e. The van der Waals surface area contributed by atoms with Crippen LogP contribution in [0.15, 0.2) is 48.6 Å². The lowest BCUT2D eigenvalue weighted by Crippen LogP contribution is -2.36. The van der Waals surface area contributed by atoms with Gasteiger partial charge in [-0.1, -0.05) is 37.6 Å². The van der Waals surface area contributed by atoms with Gasteiger partial charge in [0.25, 0.3) is 0 Å². The Labute approximate surface area is 278 Å². The Hall–Kier alpha value is -4.58. The third-order valence-electron chi connectivity index (χ3n) is 7.61. The van der Waals surface area contributed by atoms with Crippen LogP contribution in [0.25, 0.3) is 12.2 Å². The number of hydrogen-bond acceptors (Lipinski definition) is 10. The molecule has 2 amide bonds. The molecule has 2 aliphatic heterocycles. The molecular formula is C35H40N2O9S. The summed E-state index contributed by atoms with van der Waals surface area (Å²) in [5.41, 5.74) is 1.19. The molecule has 0 unspecified atom stereocenters. The number of unbranched alkanes of at least 4 members (excludes halogenated alkanes) is 1. The van der Waals surface area contributed by atoms with E-state index in [0.29, 0.717) is 40.7 Å². The number of rotatable bonds is 17. The number of carbonyl (C=O) groups excluding carboxylic acids is 5. The van der Waals surface area contributed by atoms with Crippen LogP contribution >= 0.6 is 11.8 Å². The van der Waals surface area contributed by atoms with Crippen molar-refractivity contribution in [2.24, 2.45) is 0 Å². The predicted octanol–water partition coefficient (Wildman–Crippen LogP) is 5.30. The zero-order valence-corrected chi connectivity index (χ0v) is 27.6. The molecule has 12 heteroatoms. The number of ether oxygens (including phenoxy) is 4. The average Bonchev–Trinajstić information content (AvgIpc) is 3.60. The normalized spacial score (nSPS) is 18.4. The van der Waals surface area contributed by atoms with Gasteiger partial charge in [0, 0.05) is 23.8 Å². The van der Waals surface area contributed by atoms with Crippen molar-refractivity contribution >= 4 is 53.5 Å². The molecule has 2 N–H and O–H groups in total. The van der Waals surface area contributed by atoms with Crippen LogP contribution in [0.3, 0.4) is 0 Å². The van der Waals surface area contributed by atoms with Crippen molar-refractivity contribution in [3.05, 3.63) is 59.7 Å². The van der Waals surface area contributed by atoms with E-state index < -0.39 is 17.5 Å². The van der Waals surface area contributed by atoms with Crippen molar-refractivity contribution in [2.75, 3.05) is 20.0 Å². The number of esters is 2. The van der Waals surface area contributed by atoms with E-state index in [4.69, 9.17) is 18.9 Å². The first kappa shape index (κ1) is 35.3.